The van der Waals surface area contributed by atoms with Gasteiger partial charge in [0.2, 0.25) is 0 Å². The van der Waals surface area contributed by atoms with E-state index in [1.165, 1.54) is 86.5 Å². The minimum absolute atomic E-state index is 0.00908. The zero-order chi connectivity index (χ0) is 46.0. The van der Waals surface area contributed by atoms with Crippen LogP contribution in [-0.2, 0) is 29.9 Å². The molecule has 4 aromatic rings. The van der Waals surface area contributed by atoms with E-state index in [4.69, 9.17) is 30.8 Å². The Morgan fingerprint density at radius 2 is 1.58 bits per heavy atom. The van der Waals surface area contributed by atoms with E-state index >= 15 is 0 Å². The van der Waals surface area contributed by atoms with Crippen LogP contribution in [0, 0.1) is 41.9 Å². The summed E-state index contributed by atoms with van der Waals surface area (Å²) in [6.45, 7) is 3.64. The molecular formula is C47H64F3N6O7P. The lowest BCUT2D eigenvalue weighted by molar-refractivity contribution is -0.154. The Labute approximate surface area is 375 Å². The van der Waals surface area contributed by atoms with Crippen LogP contribution in [0.2, 0.25) is 0 Å². The number of ether oxygens (including phenoxy) is 1. The minimum atomic E-state index is -4.71. The molecule has 0 bridgehead atoms. The van der Waals surface area contributed by atoms with E-state index in [2.05, 4.69) is 40.0 Å². The van der Waals surface area contributed by atoms with Gasteiger partial charge in [-0.25, -0.2) is 18.3 Å². The molecule has 0 saturated carbocycles. The zero-order valence-electron chi connectivity index (χ0n) is 37.1. The lowest BCUT2D eigenvalue weighted by Gasteiger charge is -2.29. The number of carbonyl (C=O) groups excluding carboxylic acids is 1. The van der Waals surface area contributed by atoms with Gasteiger partial charge in [-0.05, 0) is 53.8 Å². The van der Waals surface area contributed by atoms with Crippen molar-refractivity contribution in [3.8, 4) is 18.1 Å². The van der Waals surface area contributed by atoms with Gasteiger partial charge in [0.05, 0.1) is 12.2 Å². The predicted octanol–water partition coefficient (Wildman–Crippen LogP) is 10.9. The molecule has 0 spiro atoms. The molecule has 5 rings (SSSR count). The summed E-state index contributed by atoms with van der Waals surface area (Å²) in [6.07, 6.45) is 21.5. The first kappa shape index (κ1) is 50.5. The summed E-state index contributed by atoms with van der Waals surface area (Å²) in [5, 5.41) is 13.5. The van der Waals surface area contributed by atoms with Gasteiger partial charge in [0.15, 0.2) is 22.6 Å². The monoisotopic (exact) mass is 912 g/mol. The van der Waals surface area contributed by atoms with E-state index in [-0.39, 0.29) is 47.1 Å². The van der Waals surface area contributed by atoms with Gasteiger partial charge in [-0.2, -0.15) is 14.4 Å². The molecule has 2 aromatic heterocycles. The highest BCUT2D eigenvalue weighted by molar-refractivity contribution is 7.51. The fourth-order valence-corrected chi connectivity index (χ4v) is 9.35. The number of hydrogen-bond acceptors (Lipinski definition) is 11. The molecule has 13 nitrogen and oxygen atoms in total. The Kier molecular flexibility index (Phi) is 19.9. The van der Waals surface area contributed by atoms with Crippen LogP contribution >= 0.6 is 7.75 Å². The number of anilines is 1. The molecule has 3 heterocycles. The summed E-state index contributed by atoms with van der Waals surface area (Å²) in [4.78, 5) is 31.2. The number of imidazole rings is 1. The van der Waals surface area contributed by atoms with Crippen molar-refractivity contribution in [2.75, 3.05) is 12.3 Å². The minimum Gasteiger partial charge on any atom is -0.411 e. The van der Waals surface area contributed by atoms with Crippen LogP contribution in [0.15, 0.2) is 54.9 Å². The highest BCUT2D eigenvalue weighted by atomic mass is 31.2. The normalized spacial score (nSPS) is 18.8. The molecule has 1 unspecified atom stereocenters. The third kappa shape index (κ3) is 15.0. The maximum Gasteiger partial charge on any atom is 0.491 e. The molecule has 0 amide bonds. The Morgan fingerprint density at radius 3 is 2.19 bits per heavy atom. The number of halogens is 3. The Morgan fingerprint density at radius 1 is 0.969 bits per heavy atom. The van der Waals surface area contributed by atoms with Gasteiger partial charge in [0.25, 0.3) is 0 Å². The Hall–Kier alpha value is -4.52. The molecule has 5 atom stereocenters. The second-order valence-corrected chi connectivity index (χ2v) is 18.5. The number of unbranched alkanes of at least 4 members (excludes halogenated alkanes) is 12. The summed E-state index contributed by atoms with van der Waals surface area (Å²) in [7, 11) is -4.71. The van der Waals surface area contributed by atoms with Gasteiger partial charge >= 0.3 is 19.8 Å². The number of benzene rings is 2. The molecule has 4 N–H and O–H groups in total. The molecule has 64 heavy (non-hydrogen) atoms. The number of aromatic nitrogens is 4. The average Bonchev–Trinajstić information content (AvgIpc) is 3.84. The fourth-order valence-electron chi connectivity index (χ4n) is 8.24. The van der Waals surface area contributed by atoms with Crippen molar-refractivity contribution in [2.45, 2.75) is 154 Å². The summed E-state index contributed by atoms with van der Waals surface area (Å²) >= 11 is 0. The zero-order valence-corrected chi connectivity index (χ0v) is 38.0. The van der Waals surface area contributed by atoms with Crippen molar-refractivity contribution in [3.63, 3.8) is 0 Å². The van der Waals surface area contributed by atoms with Crippen LogP contribution in [0.4, 0.5) is 19.0 Å². The molecule has 1 fully saturated rings. The number of terminal acetylenes is 1. The van der Waals surface area contributed by atoms with Crippen molar-refractivity contribution in [1.82, 2.24) is 24.8 Å². The van der Waals surface area contributed by atoms with Crippen LogP contribution in [0.25, 0.3) is 11.2 Å². The largest absolute Gasteiger partial charge is 0.491 e. The first-order chi connectivity index (χ1) is 30.9. The maximum absolute atomic E-state index is 14.6. The molecule has 1 aliphatic rings. The second kappa shape index (κ2) is 25.2. The van der Waals surface area contributed by atoms with Crippen molar-refractivity contribution in [2.24, 2.45) is 11.8 Å². The number of aliphatic hydroxyl groups is 1. The summed E-state index contributed by atoms with van der Waals surface area (Å²) in [5.41, 5.74) is 4.25. The van der Waals surface area contributed by atoms with Crippen LogP contribution in [0.1, 0.15) is 141 Å². The van der Waals surface area contributed by atoms with Crippen LogP contribution in [-0.4, -0.2) is 48.9 Å². The van der Waals surface area contributed by atoms with Gasteiger partial charge in [0.1, 0.15) is 36.3 Å². The standard InChI is InChI=1S/C47H64F3N6O7P/c1-4-7-9-11-13-15-18-22-34(23-19-16-14-12-10-8-5-2)26-36(27-35-28-37(48)30-38(49)29-35)45(58)62-55-64(59,63-39-24-20-17-21-25-39)60-32-47(6-3)40(57)31-41(61-47)56-33-52-42-43(51)53-46(50)54-44(42)56/h3,17,20-21,24-25,28-30,33-34,36,40-41,57H,4-5,7-16,18-19,22-23,26-27,31-32H2,1-2H3,(H,55,59)(H2,51,53,54)/t36?,40-,41+,47+,64-/m0/s1. The topological polar surface area (TPSA) is 173 Å². The van der Waals surface area contributed by atoms with E-state index in [0.717, 1.165) is 57.4 Å². The second-order valence-electron chi connectivity index (χ2n) is 16.8. The Balaban J connectivity index is 1.33. The van der Waals surface area contributed by atoms with Crippen molar-refractivity contribution < 1.29 is 46.3 Å². The van der Waals surface area contributed by atoms with E-state index < -0.39 is 61.9 Å². The van der Waals surface area contributed by atoms with E-state index in [1.54, 1.807) is 18.2 Å². The van der Waals surface area contributed by atoms with Gasteiger partial charge < -0.3 is 24.9 Å². The number of hydrogen-bond donors (Lipinski definition) is 3. The molecule has 17 heteroatoms. The Bertz CT molecular complexity index is 2120. The van der Waals surface area contributed by atoms with Crippen molar-refractivity contribution in [1.29, 1.82) is 0 Å². The van der Waals surface area contributed by atoms with Gasteiger partial charge in [0, 0.05) is 12.5 Å². The molecular weight excluding hydrogens is 849 g/mol. The third-order valence-corrected chi connectivity index (χ3v) is 13.0. The van der Waals surface area contributed by atoms with E-state index in [9.17, 15) is 27.6 Å². The molecule has 350 valence electrons. The molecule has 1 saturated heterocycles. The molecule has 0 aliphatic carbocycles. The molecule has 1 aliphatic heterocycles. The number of rotatable bonds is 29. The number of nitrogen functional groups attached to an aromatic ring is 1. The first-order valence-corrected chi connectivity index (χ1v) is 24.3. The van der Waals surface area contributed by atoms with E-state index in [0.29, 0.717) is 6.42 Å². The highest BCUT2D eigenvalue weighted by Gasteiger charge is 2.50. The number of fused-ring (bicyclic) bond motifs is 1. The van der Waals surface area contributed by atoms with Gasteiger partial charge in [-0.15, -0.1) is 6.42 Å². The number of nitrogens with zero attached hydrogens (tertiary/aromatic N) is 4. The highest BCUT2D eigenvalue weighted by Crippen LogP contribution is 2.48. The van der Waals surface area contributed by atoms with Gasteiger partial charge in [-0.3, -0.25) is 13.9 Å². The molecule has 0 radical (unpaired) electrons. The van der Waals surface area contributed by atoms with Crippen LogP contribution in [0.5, 0.6) is 5.75 Å². The quantitative estimate of drug-likeness (QED) is 0.0155. The summed E-state index contributed by atoms with van der Waals surface area (Å²) < 4.78 is 76.8. The number of carbonyl (C=O) groups is 1. The fraction of sp³-hybridized carbons (Fsp3) is 0.574. The average molecular weight is 913 g/mol. The number of nitrogens with two attached hydrogens (primary N) is 1. The lowest BCUT2D eigenvalue weighted by atomic mass is 9.83. The van der Waals surface area contributed by atoms with E-state index in [1.807, 2.05) is 0 Å². The van der Waals surface area contributed by atoms with Crippen LogP contribution < -0.4 is 15.5 Å². The first-order valence-electron chi connectivity index (χ1n) is 22.8. The van der Waals surface area contributed by atoms with Crippen LogP contribution in [0.3, 0.4) is 0 Å². The number of aliphatic hydroxyl groups excluding tert-OH is 1. The number of para-hydroxylation sites is 1. The van der Waals surface area contributed by atoms with Crippen molar-refractivity contribution in [3.05, 3.63) is 78.1 Å². The lowest BCUT2D eigenvalue weighted by Crippen LogP contribution is -2.43. The van der Waals surface area contributed by atoms with Crippen molar-refractivity contribution >= 4 is 30.7 Å². The van der Waals surface area contributed by atoms with Gasteiger partial charge in [-0.1, -0.05) is 141 Å². The SMILES string of the molecule is C#C[C@]1(CO[P@@](=O)(NOC(=O)C(Cc2cc(F)cc(F)c2)CC(CCCCCCCCC)CCCCCCCCC)Oc2ccccc2)O[C@@H](n2cnc3c(N)nc(F)nc32)C[C@@H]1O. The maximum atomic E-state index is 14.6. The molecule has 2 aromatic carbocycles. The third-order valence-electron chi connectivity index (χ3n) is 11.7. The smallest absolute Gasteiger partial charge is 0.411 e. The predicted molar refractivity (Wildman–Crippen MR) is 239 cm³/mol. The number of nitrogens with one attached hydrogen (secondary N) is 1. The summed E-state index contributed by atoms with van der Waals surface area (Å²) in [5.74, 6) is -0.893. The summed E-state index contributed by atoms with van der Waals surface area (Å²) in [6, 6.07) is 11.1.